The Bertz CT molecular complexity index is 662. The number of aliphatic hydroxyl groups is 1. The molecule has 0 unspecified atom stereocenters. The fourth-order valence-corrected chi connectivity index (χ4v) is 2.86. The number of carbonyl (C=O) groups is 2. The molecule has 1 aliphatic rings. The Morgan fingerprint density at radius 3 is 2.40 bits per heavy atom. The third kappa shape index (κ3) is 3.15. The van der Waals surface area contributed by atoms with Crippen LogP contribution < -0.4 is 5.32 Å². The number of hydrogen-bond acceptors (Lipinski definition) is 4. The third-order valence-electron chi connectivity index (χ3n) is 4.26. The van der Waals surface area contributed by atoms with E-state index in [1.807, 2.05) is 0 Å². The van der Waals surface area contributed by atoms with Crippen LogP contribution in [0, 0.1) is 12.8 Å². The van der Waals surface area contributed by atoms with Gasteiger partial charge in [0, 0.05) is 7.05 Å². The van der Waals surface area contributed by atoms with Crippen LogP contribution in [0.1, 0.15) is 24.1 Å². The fraction of sp³-hybridized carbons (Fsp3) is 0.500. The molecule has 0 bridgehead atoms. The number of esters is 1. The number of urea groups is 1. The average Bonchev–Trinajstić information content (AvgIpc) is 2.52. The molecule has 1 fully saturated rings. The molecule has 0 radical (unpaired) electrons. The zero-order valence-corrected chi connectivity index (χ0v) is 13.9. The van der Waals surface area contributed by atoms with Crippen molar-refractivity contribution in [3.8, 4) is 0 Å². The maximum absolute atomic E-state index is 13.7. The van der Waals surface area contributed by atoms with Gasteiger partial charge in [-0.25, -0.2) is 4.79 Å². The van der Waals surface area contributed by atoms with Gasteiger partial charge in [-0.1, -0.05) is 29.8 Å². The van der Waals surface area contributed by atoms with Crippen molar-refractivity contribution in [2.75, 3.05) is 13.7 Å². The summed E-state index contributed by atoms with van der Waals surface area (Å²) in [5, 5.41) is 12.8. The molecule has 2 amide bonds. The van der Waals surface area contributed by atoms with Crippen molar-refractivity contribution >= 4 is 12.0 Å². The Balaban J connectivity index is 2.62. The number of amides is 2. The van der Waals surface area contributed by atoms with Crippen LogP contribution in [0.2, 0.25) is 0 Å². The smallest absolute Gasteiger partial charge is 0.437 e. The van der Waals surface area contributed by atoms with Gasteiger partial charge in [-0.3, -0.25) is 9.69 Å². The number of aryl methyl sites for hydroxylation is 1. The number of nitrogens with zero attached hydrogens (tertiary/aromatic N) is 1. The molecule has 2 N–H and O–H groups in total. The molecule has 6 nitrogen and oxygen atoms in total. The maximum atomic E-state index is 13.7. The topological polar surface area (TPSA) is 78.9 Å². The van der Waals surface area contributed by atoms with Gasteiger partial charge in [-0.2, -0.15) is 13.2 Å². The van der Waals surface area contributed by atoms with Crippen molar-refractivity contribution in [1.82, 2.24) is 10.2 Å². The summed E-state index contributed by atoms with van der Waals surface area (Å²) < 4.78 is 45.8. The van der Waals surface area contributed by atoms with Gasteiger partial charge in [-0.05, 0) is 19.4 Å². The predicted molar refractivity (Wildman–Crippen MR) is 81.3 cm³/mol. The Labute approximate surface area is 142 Å². The van der Waals surface area contributed by atoms with Crippen LogP contribution in [-0.2, 0) is 9.53 Å². The van der Waals surface area contributed by atoms with Gasteiger partial charge in [0.15, 0.2) is 0 Å². The predicted octanol–water partition coefficient (Wildman–Crippen LogP) is 2.12. The number of ether oxygens (including phenoxy) is 1. The highest BCUT2D eigenvalue weighted by Gasteiger charge is 2.69. The Hall–Kier alpha value is -2.29. The largest absolute Gasteiger partial charge is 0.466 e. The Morgan fingerprint density at radius 2 is 1.92 bits per heavy atom. The lowest BCUT2D eigenvalue weighted by atomic mass is 9.81. The van der Waals surface area contributed by atoms with Crippen molar-refractivity contribution < 1.29 is 32.6 Å². The first-order valence-electron chi connectivity index (χ1n) is 7.60. The first-order valence-corrected chi connectivity index (χ1v) is 7.60. The summed E-state index contributed by atoms with van der Waals surface area (Å²) in [4.78, 5) is 24.4. The second kappa shape index (κ2) is 6.55. The first-order chi connectivity index (χ1) is 11.5. The monoisotopic (exact) mass is 360 g/mol. The summed E-state index contributed by atoms with van der Waals surface area (Å²) in [7, 11) is 0.778. The third-order valence-corrected chi connectivity index (χ3v) is 4.26. The lowest BCUT2D eigenvalue weighted by Crippen LogP contribution is -2.73. The molecule has 1 aromatic rings. The zero-order valence-electron chi connectivity index (χ0n) is 13.9. The van der Waals surface area contributed by atoms with Gasteiger partial charge >= 0.3 is 18.2 Å². The van der Waals surface area contributed by atoms with Gasteiger partial charge in [0.25, 0.3) is 5.72 Å². The number of rotatable bonds is 3. The first kappa shape index (κ1) is 19.0. The van der Waals surface area contributed by atoms with Crippen LogP contribution in [-0.4, -0.2) is 47.6 Å². The summed E-state index contributed by atoms with van der Waals surface area (Å²) in [6, 6.07) is 3.72. The average molecular weight is 360 g/mol. The van der Waals surface area contributed by atoms with Gasteiger partial charge in [0.1, 0.15) is 5.92 Å². The highest BCUT2D eigenvalue weighted by molar-refractivity contribution is 5.83. The number of benzene rings is 1. The van der Waals surface area contributed by atoms with E-state index in [9.17, 15) is 27.9 Å². The molecule has 2 rings (SSSR count). The van der Waals surface area contributed by atoms with Crippen molar-refractivity contribution in [3.05, 3.63) is 35.4 Å². The molecule has 1 heterocycles. The summed E-state index contributed by atoms with van der Waals surface area (Å²) >= 11 is 0. The molecular weight excluding hydrogens is 341 g/mol. The quantitative estimate of drug-likeness (QED) is 0.810. The number of hydrogen-bond donors (Lipinski definition) is 2. The normalized spacial score (nSPS) is 27.0. The molecular formula is C16H19F3N2O4. The molecule has 0 aromatic heterocycles. The minimum atomic E-state index is -5.26. The lowest BCUT2D eigenvalue weighted by Gasteiger charge is -2.49. The standard InChI is InChI=1S/C16H19F3N2O4/c1-4-25-13(22)11-12(10-7-5-9(2)6-8-10)20-14(23)21(3)15(11,24)16(17,18)19/h5-8,11-12,24H,4H2,1-3H3,(H,20,23)/t11-,12-,15+/m0/s1. The van der Waals surface area contributed by atoms with Crippen molar-refractivity contribution in [2.45, 2.75) is 31.8 Å². The molecule has 1 aromatic carbocycles. The van der Waals surface area contributed by atoms with Crippen LogP contribution in [0.4, 0.5) is 18.0 Å². The van der Waals surface area contributed by atoms with E-state index in [0.29, 0.717) is 0 Å². The highest BCUT2D eigenvalue weighted by Crippen LogP contribution is 2.46. The molecule has 9 heteroatoms. The van der Waals surface area contributed by atoms with E-state index < -0.39 is 35.9 Å². The molecule has 25 heavy (non-hydrogen) atoms. The van der Waals surface area contributed by atoms with Crippen LogP contribution in [0.3, 0.4) is 0 Å². The SMILES string of the molecule is CCOC(=O)[C@@H]1[C@H](c2ccc(C)cc2)NC(=O)N(C)[C@]1(O)C(F)(F)F. The van der Waals surface area contributed by atoms with Crippen molar-refractivity contribution in [3.63, 3.8) is 0 Å². The number of carbonyl (C=O) groups excluding carboxylic acids is 2. The summed E-state index contributed by atoms with van der Waals surface area (Å²) in [5.41, 5.74) is -2.59. The van der Waals surface area contributed by atoms with Gasteiger partial charge in [-0.15, -0.1) is 0 Å². The molecule has 138 valence electrons. The minimum absolute atomic E-state index is 0.0826. The Kier molecular flexibility index (Phi) is 4.99. The van der Waals surface area contributed by atoms with Crippen molar-refractivity contribution in [2.24, 2.45) is 5.92 Å². The molecule has 3 atom stereocenters. The minimum Gasteiger partial charge on any atom is -0.466 e. The molecule has 0 saturated carbocycles. The van der Waals surface area contributed by atoms with E-state index in [-0.39, 0.29) is 17.1 Å². The number of halogens is 3. The Morgan fingerprint density at radius 1 is 1.36 bits per heavy atom. The number of alkyl halides is 3. The van der Waals surface area contributed by atoms with Crippen LogP contribution in [0.25, 0.3) is 0 Å². The van der Waals surface area contributed by atoms with E-state index in [4.69, 9.17) is 4.74 Å². The van der Waals surface area contributed by atoms with E-state index in [1.165, 1.54) is 19.1 Å². The summed E-state index contributed by atoms with van der Waals surface area (Å²) in [5.74, 6) is -3.34. The van der Waals surface area contributed by atoms with E-state index in [2.05, 4.69) is 5.32 Å². The second-order valence-corrected chi connectivity index (χ2v) is 5.85. The van der Waals surface area contributed by atoms with E-state index in [0.717, 1.165) is 12.6 Å². The maximum Gasteiger partial charge on any atom is 0.437 e. The van der Waals surface area contributed by atoms with Gasteiger partial charge in [0.2, 0.25) is 0 Å². The lowest BCUT2D eigenvalue weighted by molar-refractivity contribution is -0.328. The molecule has 0 aliphatic carbocycles. The second-order valence-electron chi connectivity index (χ2n) is 5.85. The summed E-state index contributed by atoms with van der Waals surface area (Å²) in [6.07, 6.45) is -5.26. The van der Waals surface area contributed by atoms with Gasteiger partial charge < -0.3 is 15.2 Å². The van der Waals surface area contributed by atoms with Crippen LogP contribution in [0.5, 0.6) is 0 Å². The van der Waals surface area contributed by atoms with Crippen LogP contribution >= 0.6 is 0 Å². The summed E-state index contributed by atoms with van der Waals surface area (Å²) in [6.45, 7) is 3.06. The molecule has 1 aliphatic heterocycles. The highest BCUT2D eigenvalue weighted by atomic mass is 19.4. The van der Waals surface area contributed by atoms with E-state index in [1.54, 1.807) is 19.1 Å². The van der Waals surface area contributed by atoms with Crippen LogP contribution in [0.15, 0.2) is 24.3 Å². The fourth-order valence-electron chi connectivity index (χ4n) is 2.86. The van der Waals surface area contributed by atoms with E-state index >= 15 is 0 Å². The van der Waals surface area contributed by atoms with Gasteiger partial charge in [0.05, 0.1) is 12.6 Å². The molecule has 0 spiro atoms. The number of nitrogens with one attached hydrogen (secondary N) is 1. The van der Waals surface area contributed by atoms with Crippen molar-refractivity contribution in [1.29, 1.82) is 0 Å². The zero-order chi connectivity index (χ0) is 19.0. The molecule has 1 saturated heterocycles.